The molecule has 2 aromatic rings. The highest BCUT2D eigenvalue weighted by Crippen LogP contribution is 2.29. The van der Waals surface area contributed by atoms with Crippen molar-refractivity contribution in [1.29, 1.82) is 0 Å². The van der Waals surface area contributed by atoms with Gasteiger partial charge in [-0.3, -0.25) is 0 Å². The number of rotatable bonds is 2. The Morgan fingerprint density at radius 3 is 2.52 bits per heavy atom. The zero-order valence-electron chi connectivity index (χ0n) is 11.3. The third-order valence-corrected chi connectivity index (χ3v) is 6.00. The smallest absolute Gasteiger partial charge is 0.244 e. The highest BCUT2D eigenvalue weighted by molar-refractivity contribution is 7.89. The first-order valence-corrected chi connectivity index (χ1v) is 8.42. The highest BCUT2D eigenvalue weighted by atomic mass is 35.5. The molecule has 1 aliphatic heterocycles. The molecule has 110 valence electrons. The van der Waals surface area contributed by atoms with E-state index in [4.69, 9.17) is 17.3 Å². The van der Waals surface area contributed by atoms with Crippen LogP contribution in [0.3, 0.4) is 0 Å². The summed E-state index contributed by atoms with van der Waals surface area (Å²) >= 11 is 6.05. The van der Waals surface area contributed by atoms with Crippen LogP contribution >= 0.6 is 11.6 Å². The molecule has 1 aliphatic rings. The number of nitrogens with two attached hydrogens (primary N) is 1. The number of hydrogen-bond acceptors (Lipinski definition) is 3. The molecule has 3 rings (SSSR count). The Hall–Kier alpha value is -1.56. The van der Waals surface area contributed by atoms with Crippen molar-refractivity contribution in [2.75, 3.05) is 12.3 Å². The summed E-state index contributed by atoms with van der Waals surface area (Å²) in [7, 11) is -3.61. The number of benzene rings is 2. The van der Waals surface area contributed by atoms with Crippen LogP contribution in [-0.4, -0.2) is 19.3 Å². The second kappa shape index (κ2) is 5.33. The Morgan fingerprint density at radius 1 is 1.10 bits per heavy atom. The number of nitrogens with zero attached hydrogens (tertiary/aromatic N) is 1. The molecule has 0 radical (unpaired) electrons. The van der Waals surface area contributed by atoms with E-state index in [1.165, 1.54) is 22.0 Å². The van der Waals surface area contributed by atoms with E-state index in [9.17, 15) is 8.42 Å². The van der Waals surface area contributed by atoms with Crippen LogP contribution in [0.4, 0.5) is 5.69 Å². The molecule has 0 fully saturated rings. The first kappa shape index (κ1) is 14.4. The third kappa shape index (κ3) is 2.64. The van der Waals surface area contributed by atoms with Crippen molar-refractivity contribution >= 4 is 27.3 Å². The molecular formula is C15H15ClN2O2S. The predicted molar refractivity (Wildman–Crippen MR) is 83.6 cm³/mol. The van der Waals surface area contributed by atoms with Crippen LogP contribution in [0.5, 0.6) is 0 Å². The predicted octanol–water partition coefficient (Wildman–Crippen LogP) is 2.67. The summed E-state index contributed by atoms with van der Waals surface area (Å²) in [5, 5.41) is 0.161. The minimum Gasteiger partial charge on any atom is -0.399 e. The van der Waals surface area contributed by atoms with Gasteiger partial charge >= 0.3 is 0 Å². The highest BCUT2D eigenvalue weighted by Gasteiger charge is 2.29. The maximum Gasteiger partial charge on any atom is 0.244 e. The summed E-state index contributed by atoms with van der Waals surface area (Å²) in [6, 6.07) is 12.4. The summed E-state index contributed by atoms with van der Waals surface area (Å²) in [5.41, 5.74) is 8.31. The van der Waals surface area contributed by atoms with Crippen LogP contribution in [0.2, 0.25) is 5.02 Å². The number of hydrogen-bond donors (Lipinski definition) is 1. The topological polar surface area (TPSA) is 63.4 Å². The van der Waals surface area contributed by atoms with Gasteiger partial charge in [-0.25, -0.2) is 8.42 Å². The summed E-state index contributed by atoms with van der Waals surface area (Å²) in [6.07, 6.45) is 0.710. The number of nitrogen functional groups attached to an aromatic ring is 1. The lowest BCUT2D eigenvalue weighted by molar-refractivity contribution is 0.391. The van der Waals surface area contributed by atoms with Crippen molar-refractivity contribution in [3.8, 4) is 0 Å². The average molecular weight is 323 g/mol. The summed E-state index contributed by atoms with van der Waals surface area (Å²) in [5.74, 6) is 0. The Bertz CT molecular complexity index is 790. The van der Waals surface area contributed by atoms with E-state index in [1.54, 1.807) is 6.07 Å². The van der Waals surface area contributed by atoms with Crippen LogP contribution in [0.25, 0.3) is 0 Å². The van der Waals surface area contributed by atoms with Gasteiger partial charge in [-0.05, 0) is 35.7 Å². The summed E-state index contributed by atoms with van der Waals surface area (Å²) in [4.78, 5) is 0.109. The molecule has 4 nitrogen and oxygen atoms in total. The Labute approximate surface area is 129 Å². The average Bonchev–Trinajstić information content (AvgIpc) is 2.46. The van der Waals surface area contributed by atoms with Crippen molar-refractivity contribution in [1.82, 2.24) is 4.31 Å². The SMILES string of the molecule is Nc1ccc(S(=O)(=O)N2CCc3ccccc3C2)c(Cl)c1. The lowest BCUT2D eigenvalue weighted by Gasteiger charge is -2.28. The van der Waals surface area contributed by atoms with Gasteiger partial charge in [0.15, 0.2) is 0 Å². The molecule has 0 atom stereocenters. The fraction of sp³-hybridized carbons (Fsp3) is 0.200. The molecule has 21 heavy (non-hydrogen) atoms. The van der Waals surface area contributed by atoms with Gasteiger partial charge in [-0.2, -0.15) is 4.31 Å². The van der Waals surface area contributed by atoms with E-state index in [1.807, 2.05) is 24.3 Å². The van der Waals surface area contributed by atoms with Gasteiger partial charge in [0.25, 0.3) is 0 Å². The lowest BCUT2D eigenvalue weighted by Crippen LogP contribution is -2.36. The fourth-order valence-corrected chi connectivity index (χ4v) is 4.49. The molecule has 0 spiro atoms. The minimum atomic E-state index is -3.61. The standard InChI is InChI=1S/C15H15ClN2O2S/c16-14-9-13(17)5-6-15(14)21(19,20)18-8-7-11-3-1-2-4-12(11)10-18/h1-6,9H,7-8,10,17H2. The number of anilines is 1. The van der Waals surface area contributed by atoms with Gasteiger partial charge in [0.1, 0.15) is 4.90 Å². The second-order valence-corrected chi connectivity index (χ2v) is 7.36. The monoisotopic (exact) mass is 322 g/mol. The molecule has 0 saturated heterocycles. The molecule has 0 aliphatic carbocycles. The molecule has 2 aromatic carbocycles. The van der Waals surface area contributed by atoms with Gasteiger partial charge in [0.2, 0.25) is 10.0 Å². The molecule has 6 heteroatoms. The number of halogens is 1. The summed E-state index contributed by atoms with van der Waals surface area (Å²) < 4.78 is 26.9. The van der Waals surface area contributed by atoms with Crippen molar-refractivity contribution in [3.05, 3.63) is 58.6 Å². The van der Waals surface area contributed by atoms with E-state index in [0.717, 1.165) is 5.56 Å². The summed E-state index contributed by atoms with van der Waals surface area (Å²) in [6.45, 7) is 0.833. The maximum absolute atomic E-state index is 12.7. The number of fused-ring (bicyclic) bond motifs is 1. The largest absolute Gasteiger partial charge is 0.399 e. The normalized spacial score (nSPS) is 15.7. The van der Waals surface area contributed by atoms with Crippen LogP contribution in [0, 0.1) is 0 Å². The van der Waals surface area contributed by atoms with Crippen molar-refractivity contribution < 1.29 is 8.42 Å². The van der Waals surface area contributed by atoms with Gasteiger partial charge in [-0.1, -0.05) is 35.9 Å². The van der Waals surface area contributed by atoms with Crippen molar-refractivity contribution in [2.24, 2.45) is 0 Å². The van der Waals surface area contributed by atoms with E-state index < -0.39 is 10.0 Å². The Balaban J connectivity index is 1.97. The van der Waals surface area contributed by atoms with Crippen LogP contribution in [0.1, 0.15) is 11.1 Å². The van der Waals surface area contributed by atoms with E-state index in [-0.39, 0.29) is 9.92 Å². The molecule has 0 unspecified atom stereocenters. The third-order valence-electron chi connectivity index (χ3n) is 3.67. The Morgan fingerprint density at radius 2 is 1.81 bits per heavy atom. The minimum absolute atomic E-state index is 0.109. The fourth-order valence-electron chi connectivity index (χ4n) is 2.54. The van der Waals surface area contributed by atoms with E-state index in [2.05, 4.69) is 0 Å². The van der Waals surface area contributed by atoms with Gasteiger partial charge in [0, 0.05) is 18.8 Å². The molecule has 2 N–H and O–H groups in total. The quantitative estimate of drug-likeness (QED) is 0.865. The number of sulfonamides is 1. The van der Waals surface area contributed by atoms with Gasteiger partial charge in [0.05, 0.1) is 5.02 Å². The van der Waals surface area contributed by atoms with Crippen LogP contribution in [-0.2, 0) is 23.0 Å². The van der Waals surface area contributed by atoms with Crippen LogP contribution < -0.4 is 5.73 Å². The molecular weight excluding hydrogens is 308 g/mol. The van der Waals surface area contributed by atoms with E-state index in [0.29, 0.717) is 25.2 Å². The Kier molecular flexibility index (Phi) is 3.65. The molecule has 0 aromatic heterocycles. The molecule has 1 heterocycles. The van der Waals surface area contributed by atoms with E-state index >= 15 is 0 Å². The van der Waals surface area contributed by atoms with Gasteiger partial charge in [-0.15, -0.1) is 0 Å². The second-order valence-electron chi connectivity index (χ2n) is 5.05. The lowest BCUT2D eigenvalue weighted by atomic mass is 10.0. The zero-order valence-corrected chi connectivity index (χ0v) is 12.9. The molecule has 0 saturated carbocycles. The van der Waals surface area contributed by atoms with Crippen molar-refractivity contribution in [2.45, 2.75) is 17.9 Å². The van der Waals surface area contributed by atoms with Crippen LogP contribution in [0.15, 0.2) is 47.4 Å². The first-order valence-electron chi connectivity index (χ1n) is 6.60. The van der Waals surface area contributed by atoms with Crippen molar-refractivity contribution in [3.63, 3.8) is 0 Å². The maximum atomic E-state index is 12.7. The molecule has 0 bridgehead atoms. The zero-order chi connectivity index (χ0) is 15.0. The van der Waals surface area contributed by atoms with Gasteiger partial charge < -0.3 is 5.73 Å². The first-order chi connectivity index (χ1) is 9.98. The molecule has 0 amide bonds.